The Morgan fingerprint density at radius 3 is 1.82 bits per heavy atom. The van der Waals surface area contributed by atoms with Gasteiger partial charge < -0.3 is 25.2 Å². The summed E-state index contributed by atoms with van der Waals surface area (Å²) in [5.74, 6) is -1.15. The van der Waals surface area contributed by atoms with Gasteiger partial charge in [-0.15, -0.1) is 0 Å². The molecule has 200 valence electrons. The Kier molecular flexibility index (Phi) is 9.87. The molecule has 8 heteroatoms. The molecule has 38 heavy (non-hydrogen) atoms. The van der Waals surface area contributed by atoms with E-state index in [9.17, 15) is 19.5 Å². The smallest absolute Gasteiger partial charge is 0.408 e. The Hall–Kier alpha value is -4.33. The molecule has 0 heterocycles. The fourth-order valence-electron chi connectivity index (χ4n) is 3.68. The van der Waals surface area contributed by atoms with E-state index >= 15 is 0 Å². The molecule has 0 aliphatic rings. The second kappa shape index (κ2) is 13.3. The Labute approximate surface area is 223 Å². The lowest BCUT2D eigenvalue weighted by molar-refractivity contribution is -0.142. The lowest BCUT2D eigenvalue weighted by Crippen LogP contribution is -2.53. The number of ether oxygens (including phenoxy) is 2. The fourth-order valence-corrected chi connectivity index (χ4v) is 3.68. The molecule has 0 unspecified atom stereocenters. The van der Waals surface area contributed by atoms with E-state index in [-0.39, 0.29) is 12.8 Å². The number of aliphatic carboxylic acids is 1. The third-order valence-corrected chi connectivity index (χ3v) is 5.52. The summed E-state index contributed by atoms with van der Waals surface area (Å²) in [6.45, 7) is 5.58. The Morgan fingerprint density at radius 2 is 1.26 bits per heavy atom. The van der Waals surface area contributed by atoms with Crippen LogP contribution in [0.25, 0.3) is 0 Å². The quantitative estimate of drug-likeness (QED) is 0.344. The number of hydrogen-bond acceptors (Lipinski definition) is 5. The van der Waals surface area contributed by atoms with Crippen LogP contribution in [0.3, 0.4) is 0 Å². The van der Waals surface area contributed by atoms with Gasteiger partial charge in [-0.05, 0) is 49.6 Å². The van der Waals surface area contributed by atoms with Gasteiger partial charge >= 0.3 is 12.1 Å². The van der Waals surface area contributed by atoms with Gasteiger partial charge in [0.05, 0.1) is 0 Å². The molecule has 0 bridgehead atoms. The first-order chi connectivity index (χ1) is 18.1. The van der Waals surface area contributed by atoms with E-state index in [4.69, 9.17) is 9.47 Å². The van der Waals surface area contributed by atoms with Crippen molar-refractivity contribution in [1.29, 1.82) is 0 Å². The van der Waals surface area contributed by atoms with Crippen molar-refractivity contribution in [3.8, 4) is 5.75 Å². The molecule has 0 spiro atoms. The summed E-state index contributed by atoms with van der Waals surface area (Å²) < 4.78 is 11.1. The minimum absolute atomic E-state index is 0.0601. The van der Waals surface area contributed by atoms with Gasteiger partial charge in [-0.25, -0.2) is 9.59 Å². The predicted octanol–water partition coefficient (Wildman–Crippen LogP) is 4.51. The van der Waals surface area contributed by atoms with Crippen LogP contribution < -0.4 is 15.4 Å². The predicted molar refractivity (Wildman–Crippen MR) is 144 cm³/mol. The van der Waals surface area contributed by atoms with Crippen LogP contribution >= 0.6 is 0 Å². The summed E-state index contributed by atoms with van der Waals surface area (Å²) in [5.41, 5.74) is 1.81. The summed E-state index contributed by atoms with van der Waals surface area (Å²) in [4.78, 5) is 37.6. The SMILES string of the molecule is CC(C)(C)OC(=O)N[C@@H](Cc1ccccc1)C(=O)N[C@@H](Cc1ccc(OCc2ccccc2)cc1)C(=O)O. The summed E-state index contributed by atoms with van der Waals surface area (Å²) in [6.07, 6.45) is -0.525. The van der Waals surface area contributed by atoms with Crippen LogP contribution in [0.4, 0.5) is 4.79 Å². The van der Waals surface area contributed by atoms with Crippen LogP contribution in [-0.4, -0.2) is 40.8 Å². The van der Waals surface area contributed by atoms with E-state index in [0.717, 1.165) is 11.1 Å². The molecule has 0 saturated heterocycles. The van der Waals surface area contributed by atoms with Gasteiger partial charge in [-0.2, -0.15) is 0 Å². The Balaban J connectivity index is 1.65. The molecule has 0 aromatic heterocycles. The third kappa shape index (κ3) is 9.61. The molecule has 3 aromatic rings. The van der Waals surface area contributed by atoms with Crippen LogP contribution in [-0.2, 0) is 33.8 Å². The molecular weight excluding hydrogens is 484 g/mol. The summed E-state index contributed by atoms with van der Waals surface area (Å²) >= 11 is 0. The molecule has 2 amide bonds. The molecule has 3 rings (SSSR count). The maximum absolute atomic E-state index is 13.2. The number of benzene rings is 3. The van der Waals surface area contributed by atoms with Gasteiger partial charge in [0.15, 0.2) is 0 Å². The van der Waals surface area contributed by atoms with Crippen molar-refractivity contribution in [2.24, 2.45) is 0 Å². The lowest BCUT2D eigenvalue weighted by atomic mass is 10.0. The minimum atomic E-state index is -1.20. The summed E-state index contributed by atoms with van der Waals surface area (Å²) in [5, 5.41) is 15.0. The first kappa shape index (κ1) is 28.2. The molecule has 8 nitrogen and oxygen atoms in total. The zero-order valence-corrected chi connectivity index (χ0v) is 21.8. The second-order valence-electron chi connectivity index (χ2n) is 9.91. The summed E-state index contributed by atoms with van der Waals surface area (Å²) in [6, 6.07) is 23.7. The average Bonchev–Trinajstić information content (AvgIpc) is 2.87. The first-order valence-electron chi connectivity index (χ1n) is 12.4. The number of carboxylic acid groups (broad SMARTS) is 1. The number of rotatable bonds is 11. The van der Waals surface area contributed by atoms with E-state index < -0.39 is 35.7 Å². The molecule has 3 N–H and O–H groups in total. The Bertz CT molecular complexity index is 1190. The number of nitrogens with one attached hydrogen (secondary N) is 2. The highest BCUT2D eigenvalue weighted by Gasteiger charge is 2.28. The zero-order valence-electron chi connectivity index (χ0n) is 21.8. The van der Waals surface area contributed by atoms with Crippen LogP contribution in [0.2, 0.25) is 0 Å². The molecule has 0 aliphatic heterocycles. The highest BCUT2D eigenvalue weighted by Crippen LogP contribution is 2.16. The Morgan fingerprint density at radius 1 is 0.737 bits per heavy atom. The van der Waals surface area contributed by atoms with Crippen LogP contribution in [0.5, 0.6) is 5.75 Å². The number of amides is 2. The van der Waals surface area contributed by atoms with Crippen molar-refractivity contribution in [3.05, 3.63) is 102 Å². The van der Waals surface area contributed by atoms with Crippen molar-refractivity contribution in [1.82, 2.24) is 10.6 Å². The molecular formula is C30H34N2O6. The van der Waals surface area contributed by atoms with E-state index in [2.05, 4.69) is 10.6 Å². The van der Waals surface area contributed by atoms with Crippen molar-refractivity contribution in [2.75, 3.05) is 0 Å². The maximum Gasteiger partial charge on any atom is 0.408 e. The monoisotopic (exact) mass is 518 g/mol. The topological polar surface area (TPSA) is 114 Å². The molecule has 0 fully saturated rings. The van der Waals surface area contributed by atoms with Crippen LogP contribution in [0.15, 0.2) is 84.9 Å². The number of carbonyl (C=O) groups is 3. The number of alkyl carbamates (subject to hydrolysis) is 1. The van der Waals surface area contributed by atoms with E-state index in [0.29, 0.717) is 17.9 Å². The van der Waals surface area contributed by atoms with Crippen LogP contribution in [0, 0.1) is 0 Å². The largest absolute Gasteiger partial charge is 0.489 e. The van der Waals surface area contributed by atoms with Crippen molar-refractivity contribution in [2.45, 2.75) is 57.9 Å². The zero-order chi connectivity index (χ0) is 27.5. The molecule has 2 atom stereocenters. The average molecular weight is 519 g/mol. The molecule has 0 saturated carbocycles. The summed E-state index contributed by atoms with van der Waals surface area (Å²) in [7, 11) is 0. The molecule has 0 radical (unpaired) electrons. The van der Waals surface area contributed by atoms with Crippen molar-refractivity contribution >= 4 is 18.0 Å². The highest BCUT2D eigenvalue weighted by molar-refractivity contribution is 5.89. The minimum Gasteiger partial charge on any atom is -0.489 e. The van der Waals surface area contributed by atoms with Gasteiger partial charge in [0.25, 0.3) is 0 Å². The van der Waals surface area contributed by atoms with E-state index in [1.54, 1.807) is 45.0 Å². The van der Waals surface area contributed by atoms with Crippen LogP contribution in [0.1, 0.15) is 37.5 Å². The van der Waals surface area contributed by atoms with Gasteiger partial charge in [-0.3, -0.25) is 4.79 Å². The van der Waals surface area contributed by atoms with E-state index in [1.807, 2.05) is 60.7 Å². The normalized spacial score (nSPS) is 12.6. The number of carbonyl (C=O) groups excluding carboxylic acids is 2. The van der Waals surface area contributed by atoms with Gasteiger partial charge in [-0.1, -0.05) is 72.8 Å². The lowest BCUT2D eigenvalue weighted by Gasteiger charge is -2.24. The second-order valence-corrected chi connectivity index (χ2v) is 9.91. The number of hydrogen-bond donors (Lipinski definition) is 3. The third-order valence-electron chi connectivity index (χ3n) is 5.52. The fraction of sp³-hybridized carbons (Fsp3) is 0.300. The standard InChI is InChI=1S/C30H34N2O6/c1-30(2,3)38-29(36)32-25(18-21-10-6-4-7-11-21)27(33)31-26(28(34)35)19-22-14-16-24(17-15-22)37-20-23-12-8-5-9-13-23/h4-17,25-26H,18-20H2,1-3H3,(H,31,33)(H,32,36)(H,34,35)/t25-,26-/m0/s1. The van der Waals surface area contributed by atoms with Crippen molar-refractivity contribution in [3.63, 3.8) is 0 Å². The van der Waals surface area contributed by atoms with E-state index in [1.165, 1.54) is 0 Å². The first-order valence-corrected chi connectivity index (χ1v) is 12.4. The van der Waals surface area contributed by atoms with Gasteiger partial charge in [0.2, 0.25) is 5.91 Å². The van der Waals surface area contributed by atoms with Gasteiger partial charge in [0.1, 0.15) is 30.0 Å². The highest BCUT2D eigenvalue weighted by atomic mass is 16.6. The molecule has 0 aliphatic carbocycles. The van der Waals surface area contributed by atoms with Crippen molar-refractivity contribution < 1.29 is 29.0 Å². The maximum atomic E-state index is 13.2. The number of carboxylic acids is 1. The van der Waals surface area contributed by atoms with Gasteiger partial charge in [0, 0.05) is 12.8 Å². The molecule has 3 aromatic carbocycles.